The van der Waals surface area contributed by atoms with Crippen LogP contribution in [0.3, 0.4) is 0 Å². The number of benzene rings is 2. The van der Waals surface area contributed by atoms with Crippen molar-refractivity contribution in [3.8, 4) is 0 Å². The second kappa shape index (κ2) is 19.0. The minimum absolute atomic E-state index is 0.0139. The van der Waals surface area contributed by atoms with Gasteiger partial charge in [0.25, 0.3) is 0 Å². The molecule has 58 heavy (non-hydrogen) atoms. The third kappa shape index (κ3) is 9.35. The molecule has 4 aliphatic heterocycles. The van der Waals surface area contributed by atoms with Gasteiger partial charge in [-0.25, -0.2) is 0 Å². The van der Waals surface area contributed by atoms with Crippen molar-refractivity contribution in [3.05, 3.63) is 96.4 Å². The minimum Gasteiger partial charge on any atom is -0.426 e. The molecular formula is C43H51N7O6S2. The summed E-state index contributed by atoms with van der Waals surface area (Å²) >= 11 is 3.52. The van der Waals surface area contributed by atoms with Gasteiger partial charge in [-0.05, 0) is 99.7 Å². The Kier molecular flexibility index (Phi) is 13.2. The summed E-state index contributed by atoms with van der Waals surface area (Å²) in [7, 11) is 0. The van der Waals surface area contributed by atoms with Gasteiger partial charge in [0.2, 0.25) is 42.3 Å². The van der Waals surface area contributed by atoms with Crippen molar-refractivity contribution in [2.24, 2.45) is 17.8 Å². The van der Waals surface area contributed by atoms with E-state index in [0.717, 1.165) is 61.2 Å². The van der Waals surface area contributed by atoms with E-state index in [1.165, 1.54) is 12.8 Å². The van der Waals surface area contributed by atoms with Crippen LogP contribution in [0.4, 0.5) is 0 Å². The van der Waals surface area contributed by atoms with Crippen molar-refractivity contribution >= 4 is 47.0 Å². The van der Waals surface area contributed by atoms with E-state index in [1.807, 2.05) is 70.5 Å². The summed E-state index contributed by atoms with van der Waals surface area (Å²) in [6.45, 7) is 0. The number of carbonyl (C=O) groups excluding carboxylic acids is 4. The number of ketones is 1. The molecule has 0 spiro atoms. The third-order valence-electron chi connectivity index (χ3n) is 12.2. The first-order valence-corrected chi connectivity index (χ1v) is 22.8. The number of hydrogen-bond donors (Lipinski definition) is 1. The lowest BCUT2D eigenvalue weighted by molar-refractivity contribution is -0.143. The second-order valence-electron chi connectivity index (χ2n) is 15.9. The van der Waals surface area contributed by atoms with Crippen LogP contribution < -0.4 is 5.32 Å². The molecule has 2 aromatic carbocycles. The number of aromatic nitrogens is 4. The number of carbonyl (C=O) groups is 4. The molecule has 0 unspecified atom stereocenters. The van der Waals surface area contributed by atoms with Gasteiger partial charge in [-0.15, -0.1) is 43.9 Å². The van der Waals surface area contributed by atoms with Crippen molar-refractivity contribution < 1.29 is 28.0 Å². The topological polar surface area (TPSA) is 165 Å². The molecule has 8 atom stereocenters. The van der Waals surface area contributed by atoms with Crippen molar-refractivity contribution in [2.75, 3.05) is 11.5 Å². The molecule has 13 nitrogen and oxygen atoms in total. The maximum atomic E-state index is 14.6. The van der Waals surface area contributed by atoms with Crippen molar-refractivity contribution in [2.45, 2.75) is 112 Å². The molecule has 306 valence electrons. The van der Waals surface area contributed by atoms with Gasteiger partial charge in [0.05, 0.1) is 10.7 Å². The summed E-state index contributed by atoms with van der Waals surface area (Å²) in [5.74, 6) is 0.757. The van der Waals surface area contributed by atoms with E-state index in [9.17, 15) is 19.2 Å². The number of piperidine rings is 2. The zero-order valence-corrected chi connectivity index (χ0v) is 34.2. The fraction of sp³-hybridized carbons (Fsp3) is 0.535. The smallest absolute Gasteiger partial charge is 0.246 e. The molecule has 4 saturated heterocycles. The number of fused-ring (bicyclic) bond motifs is 2. The van der Waals surface area contributed by atoms with Gasteiger partial charge < -0.3 is 24.0 Å². The highest BCUT2D eigenvalue weighted by Gasteiger charge is 2.45. The minimum atomic E-state index is -0.692. The fourth-order valence-electron chi connectivity index (χ4n) is 9.22. The average Bonchev–Trinajstić information content (AvgIpc) is 3.95. The number of thioether (sulfide) groups is 2. The lowest BCUT2D eigenvalue weighted by Gasteiger charge is -2.40. The third-order valence-corrected chi connectivity index (χ3v) is 14.9. The van der Waals surface area contributed by atoms with Crippen LogP contribution in [0.25, 0.3) is 0 Å². The molecule has 0 bridgehead atoms. The normalized spacial score (nSPS) is 26.1. The maximum Gasteiger partial charge on any atom is 0.246 e. The zero-order chi connectivity index (χ0) is 39.8. The summed E-state index contributed by atoms with van der Waals surface area (Å²) in [6.07, 6.45) is 10.9. The van der Waals surface area contributed by atoms with Crippen LogP contribution in [0, 0.1) is 17.8 Å². The Balaban J connectivity index is 0.998. The molecule has 0 saturated carbocycles. The van der Waals surface area contributed by atoms with Crippen LogP contribution >= 0.6 is 23.5 Å². The highest BCUT2D eigenvalue weighted by atomic mass is 32.2. The molecule has 4 aliphatic rings. The van der Waals surface area contributed by atoms with Crippen LogP contribution in [-0.4, -0.2) is 82.0 Å². The number of nitrogens with zero attached hydrogens (tertiary/aromatic N) is 6. The Morgan fingerprint density at radius 3 is 1.79 bits per heavy atom. The molecule has 2 aromatic heterocycles. The first kappa shape index (κ1) is 40.3. The molecule has 8 rings (SSSR count). The molecule has 0 aliphatic carbocycles. The SMILES string of the molecule is O=C(C[C@H]1CCS[C@H]2CCC[C@@H](c3nnco3)N2C1=O)[C@H](CC[C@H](Cc1ccccc1)C(=O)N[C@H]1CCS[C@H]2CCC[C@@H](c3nnco3)N2C1=O)Cc1ccccc1. The van der Waals surface area contributed by atoms with E-state index in [1.54, 1.807) is 23.5 Å². The van der Waals surface area contributed by atoms with Gasteiger partial charge in [-0.1, -0.05) is 60.7 Å². The molecular weight excluding hydrogens is 775 g/mol. The van der Waals surface area contributed by atoms with E-state index < -0.39 is 23.8 Å². The first-order valence-electron chi connectivity index (χ1n) is 20.7. The van der Waals surface area contributed by atoms with Gasteiger partial charge in [-0.3, -0.25) is 19.2 Å². The van der Waals surface area contributed by atoms with Crippen LogP contribution in [0.15, 0.2) is 82.3 Å². The maximum absolute atomic E-state index is 14.6. The van der Waals surface area contributed by atoms with Crippen LogP contribution in [0.1, 0.15) is 106 Å². The van der Waals surface area contributed by atoms with Crippen molar-refractivity contribution in [3.63, 3.8) is 0 Å². The quantitative estimate of drug-likeness (QED) is 0.143. The monoisotopic (exact) mass is 825 g/mol. The average molecular weight is 826 g/mol. The summed E-state index contributed by atoms with van der Waals surface area (Å²) in [4.78, 5) is 61.4. The van der Waals surface area contributed by atoms with Gasteiger partial charge >= 0.3 is 0 Å². The Hall–Kier alpha value is -4.50. The molecule has 6 heterocycles. The Bertz CT molecular complexity index is 1830. The van der Waals surface area contributed by atoms with E-state index >= 15 is 0 Å². The number of rotatable bonds is 14. The molecule has 0 radical (unpaired) electrons. The Morgan fingerprint density at radius 1 is 0.690 bits per heavy atom. The van der Waals surface area contributed by atoms with E-state index in [0.29, 0.717) is 50.3 Å². The number of Topliss-reactive ketones (excluding diaryl/α,β-unsaturated/α-hetero) is 1. The predicted molar refractivity (Wildman–Crippen MR) is 219 cm³/mol. The van der Waals surface area contributed by atoms with Crippen LogP contribution in [0.5, 0.6) is 0 Å². The summed E-state index contributed by atoms with van der Waals surface area (Å²) in [5, 5.41) is 19.3. The standard InChI is InChI=1S/C43H51N7O6S2/c51-36(25-32-19-21-57-37-15-7-13-34(49(37)42(32)53)40-47-44-26-55-40)30(23-28-9-3-1-4-10-28)17-18-31(24-29-11-5-2-6-12-29)39(52)46-33-20-22-58-38-16-8-14-35(50(38)43(33)54)41-48-45-27-56-41/h1-6,9-12,26-27,30-35,37-38H,7-8,13-25H2,(H,46,52)/t30-,31-,32-,33+,34+,35+,37+,38+/m1/s1. The summed E-state index contributed by atoms with van der Waals surface area (Å²) < 4.78 is 11.2. The predicted octanol–water partition coefficient (Wildman–Crippen LogP) is 6.74. The Labute approximate surface area is 347 Å². The highest BCUT2D eigenvalue weighted by Crippen LogP contribution is 2.43. The van der Waals surface area contributed by atoms with Crippen LogP contribution in [-0.2, 0) is 32.0 Å². The lowest BCUT2D eigenvalue weighted by atomic mass is 9.82. The highest BCUT2D eigenvalue weighted by molar-refractivity contribution is 8.00. The Morgan fingerprint density at radius 2 is 1.22 bits per heavy atom. The number of hydrogen-bond acceptors (Lipinski definition) is 12. The molecule has 15 heteroatoms. The van der Waals surface area contributed by atoms with Crippen LogP contribution in [0.2, 0.25) is 0 Å². The largest absolute Gasteiger partial charge is 0.426 e. The summed E-state index contributed by atoms with van der Waals surface area (Å²) in [5.41, 5.74) is 2.05. The first-order chi connectivity index (χ1) is 28.4. The molecule has 4 aromatic rings. The van der Waals surface area contributed by atoms with Crippen molar-refractivity contribution in [1.29, 1.82) is 0 Å². The van der Waals surface area contributed by atoms with Gasteiger partial charge in [0.15, 0.2) is 0 Å². The number of amides is 3. The molecule has 4 fully saturated rings. The van der Waals surface area contributed by atoms with Gasteiger partial charge in [0.1, 0.15) is 23.9 Å². The van der Waals surface area contributed by atoms with Crippen molar-refractivity contribution in [1.82, 2.24) is 35.5 Å². The van der Waals surface area contributed by atoms with E-state index in [2.05, 4.69) is 25.7 Å². The van der Waals surface area contributed by atoms with E-state index in [-0.39, 0.29) is 52.8 Å². The van der Waals surface area contributed by atoms with Gasteiger partial charge in [0, 0.05) is 24.2 Å². The van der Waals surface area contributed by atoms with E-state index in [4.69, 9.17) is 8.83 Å². The fourth-order valence-corrected chi connectivity index (χ4v) is 12.0. The molecule has 1 N–H and O–H groups in total. The number of nitrogens with one attached hydrogen (secondary N) is 1. The second-order valence-corrected chi connectivity index (χ2v) is 18.5. The zero-order valence-electron chi connectivity index (χ0n) is 32.6. The lowest BCUT2D eigenvalue weighted by Crippen LogP contribution is -2.53. The summed E-state index contributed by atoms with van der Waals surface area (Å²) in [6, 6.07) is 18.6. The molecule has 3 amide bonds. The van der Waals surface area contributed by atoms with Gasteiger partial charge in [-0.2, -0.15) is 0 Å².